The van der Waals surface area contributed by atoms with Crippen molar-refractivity contribution in [2.75, 3.05) is 19.3 Å². The molecule has 0 aliphatic carbocycles. The minimum absolute atomic E-state index is 0.0953. The molecule has 0 saturated carbocycles. The number of thiazole rings is 1. The molecule has 3 N–H and O–H groups in total. The molecule has 0 aliphatic rings. The van der Waals surface area contributed by atoms with Crippen LogP contribution in [0.2, 0.25) is 0 Å². The molecular formula is C17H21N3O3S. The molecule has 7 heteroatoms. The highest BCUT2D eigenvalue weighted by Crippen LogP contribution is 2.34. The van der Waals surface area contributed by atoms with Crippen molar-refractivity contribution in [2.45, 2.75) is 25.7 Å². The molecule has 0 bridgehead atoms. The Bertz CT molecular complexity index is 738. The molecule has 0 spiro atoms. The highest BCUT2D eigenvalue weighted by atomic mass is 32.1. The quantitative estimate of drug-likeness (QED) is 0.780. The number of benzene rings is 1. The number of anilines is 1. The molecule has 0 fully saturated rings. The van der Waals surface area contributed by atoms with Crippen LogP contribution in [0.15, 0.2) is 29.6 Å². The lowest BCUT2D eigenvalue weighted by Crippen LogP contribution is -2.33. The summed E-state index contributed by atoms with van der Waals surface area (Å²) < 4.78 is 0. The van der Waals surface area contributed by atoms with Crippen molar-refractivity contribution in [2.24, 2.45) is 0 Å². The Kier molecular flexibility index (Phi) is 5.23. The van der Waals surface area contributed by atoms with Crippen LogP contribution in [0.3, 0.4) is 0 Å². The Balaban J connectivity index is 2.13. The molecular weight excluding hydrogens is 326 g/mol. The zero-order chi connectivity index (χ0) is 17.9. The first-order chi connectivity index (χ1) is 11.2. The van der Waals surface area contributed by atoms with Crippen LogP contribution in [0.5, 0.6) is 0 Å². The summed E-state index contributed by atoms with van der Waals surface area (Å²) in [5.74, 6) is -1.30. The van der Waals surface area contributed by atoms with E-state index in [1.807, 2.05) is 29.6 Å². The van der Waals surface area contributed by atoms with Gasteiger partial charge in [0.2, 0.25) is 5.91 Å². The fourth-order valence-corrected chi connectivity index (χ4v) is 3.25. The molecule has 128 valence electrons. The van der Waals surface area contributed by atoms with E-state index < -0.39 is 5.97 Å². The second-order valence-electron chi connectivity index (χ2n) is 6.21. The normalized spacial score (nSPS) is 11.3. The number of nitrogens with two attached hydrogens (primary N) is 1. The van der Waals surface area contributed by atoms with Gasteiger partial charge in [-0.05, 0) is 31.5 Å². The molecule has 1 aromatic heterocycles. The van der Waals surface area contributed by atoms with E-state index in [1.54, 1.807) is 0 Å². The maximum atomic E-state index is 12.0. The average Bonchev–Trinajstić information content (AvgIpc) is 2.96. The number of carbonyl (C=O) groups excluding carboxylic acids is 1. The summed E-state index contributed by atoms with van der Waals surface area (Å²) in [6.07, 6.45) is 0.0953. The molecule has 0 unspecified atom stereocenters. The monoisotopic (exact) mass is 347 g/mol. The number of carboxylic acids is 1. The largest absolute Gasteiger partial charge is 0.480 e. The van der Waals surface area contributed by atoms with E-state index in [1.165, 1.54) is 23.3 Å². The number of hydrogen-bond acceptors (Lipinski definition) is 5. The summed E-state index contributed by atoms with van der Waals surface area (Å²) in [7, 11) is 1.47. The Hall–Kier alpha value is -2.41. The number of amides is 1. The molecule has 24 heavy (non-hydrogen) atoms. The van der Waals surface area contributed by atoms with E-state index in [0.29, 0.717) is 11.4 Å². The van der Waals surface area contributed by atoms with Gasteiger partial charge in [0.25, 0.3) is 0 Å². The lowest BCUT2D eigenvalue weighted by atomic mass is 9.85. The number of nitrogens with zero attached hydrogens (tertiary/aromatic N) is 2. The fraction of sp³-hybridized carbons (Fsp3) is 0.353. The van der Waals surface area contributed by atoms with Crippen molar-refractivity contribution in [1.29, 1.82) is 0 Å². The van der Waals surface area contributed by atoms with Crippen molar-refractivity contribution in [3.05, 3.63) is 45.9 Å². The Morgan fingerprint density at radius 1 is 1.29 bits per heavy atom. The van der Waals surface area contributed by atoms with Crippen molar-refractivity contribution in [3.8, 4) is 0 Å². The van der Waals surface area contributed by atoms with Gasteiger partial charge >= 0.3 is 5.97 Å². The van der Waals surface area contributed by atoms with Crippen molar-refractivity contribution in [3.63, 3.8) is 0 Å². The lowest BCUT2D eigenvalue weighted by Gasteiger charge is -2.22. The highest BCUT2D eigenvalue weighted by molar-refractivity contribution is 7.09. The topological polar surface area (TPSA) is 96.5 Å². The van der Waals surface area contributed by atoms with E-state index in [2.05, 4.69) is 18.8 Å². The zero-order valence-corrected chi connectivity index (χ0v) is 14.8. The highest BCUT2D eigenvalue weighted by Gasteiger charge is 2.27. The van der Waals surface area contributed by atoms with E-state index in [0.717, 1.165) is 10.6 Å². The Morgan fingerprint density at radius 3 is 2.50 bits per heavy atom. The fourth-order valence-electron chi connectivity index (χ4n) is 2.28. The summed E-state index contributed by atoms with van der Waals surface area (Å²) in [4.78, 5) is 28.5. The van der Waals surface area contributed by atoms with Crippen LogP contribution in [0.4, 0.5) is 5.69 Å². The van der Waals surface area contributed by atoms with E-state index >= 15 is 0 Å². The minimum atomic E-state index is -1.03. The van der Waals surface area contributed by atoms with Gasteiger partial charge < -0.3 is 15.7 Å². The van der Waals surface area contributed by atoms with Crippen molar-refractivity contribution in [1.82, 2.24) is 9.88 Å². The number of carbonyl (C=O) groups is 2. The van der Waals surface area contributed by atoms with Gasteiger partial charge in [-0.25, -0.2) is 4.98 Å². The Morgan fingerprint density at radius 2 is 1.92 bits per heavy atom. The smallest absolute Gasteiger partial charge is 0.323 e. The molecule has 2 rings (SSSR count). The second kappa shape index (κ2) is 7.00. The molecule has 0 saturated heterocycles. The molecule has 2 aromatic rings. The maximum Gasteiger partial charge on any atom is 0.323 e. The molecule has 0 radical (unpaired) electrons. The molecule has 1 aromatic carbocycles. The van der Waals surface area contributed by atoms with Crippen molar-refractivity contribution >= 4 is 28.9 Å². The number of aromatic nitrogens is 1. The summed E-state index contributed by atoms with van der Waals surface area (Å²) in [5.41, 5.74) is 7.89. The molecule has 0 atom stereocenters. The van der Waals surface area contributed by atoms with Crippen LogP contribution in [0.25, 0.3) is 0 Å². The molecule has 6 nitrogen and oxygen atoms in total. The Labute approximate surface area is 144 Å². The van der Waals surface area contributed by atoms with Gasteiger partial charge in [-0.2, -0.15) is 0 Å². The third kappa shape index (κ3) is 4.11. The predicted octanol–water partition coefficient (Wildman–Crippen LogP) is 2.14. The first-order valence-corrected chi connectivity index (χ1v) is 8.34. The van der Waals surface area contributed by atoms with Crippen LogP contribution < -0.4 is 5.73 Å². The summed E-state index contributed by atoms with van der Waals surface area (Å²) in [6.45, 7) is 3.83. The first kappa shape index (κ1) is 17.9. The minimum Gasteiger partial charge on any atom is -0.480 e. The lowest BCUT2D eigenvalue weighted by molar-refractivity contribution is -0.143. The average molecular weight is 347 g/mol. The van der Waals surface area contributed by atoms with Crippen LogP contribution in [0, 0.1) is 0 Å². The van der Waals surface area contributed by atoms with E-state index in [9.17, 15) is 9.59 Å². The second-order valence-corrected chi connectivity index (χ2v) is 7.07. The summed E-state index contributed by atoms with van der Waals surface area (Å²) in [5, 5.41) is 11.5. The third-order valence-corrected chi connectivity index (χ3v) is 5.06. The van der Waals surface area contributed by atoms with Gasteiger partial charge in [-0.1, -0.05) is 12.1 Å². The standard InChI is InChI=1S/C17H21N3O3S/c1-17(2,11-4-6-12(18)7-5-11)16-19-13(10-24-16)8-14(21)20(3)9-15(22)23/h4-7,10H,8-9,18H2,1-3H3,(H,22,23). The van der Waals surface area contributed by atoms with Gasteiger partial charge in [0.15, 0.2) is 0 Å². The number of aliphatic carboxylic acids is 1. The van der Waals surface area contributed by atoms with Gasteiger partial charge in [0.05, 0.1) is 12.1 Å². The van der Waals surface area contributed by atoms with Crippen molar-refractivity contribution < 1.29 is 14.7 Å². The molecule has 0 aliphatic heterocycles. The van der Waals surface area contributed by atoms with Gasteiger partial charge in [-0.15, -0.1) is 11.3 Å². The van der Waals surface area contributed by atoms with Gasteiger partial charge in [0, 0.05) is 23.5 Å². The van der Waals surface area contributed by atoms with Crippen LogP contribution in [-0.2, 0) is 21.4 Å². The number of hydrogen-bond donors (Lipinski definition) is 2. The van der Waals surface area contributed by atoms with Gasteiger partial charge in [0.1, 0.15) is 11.6 Å². The van der Waals surface area contributed by atoms with Crippen LogP contribution in [-0.4, -0.2) is 40.5 Å². The van der Waals surface area contributed by atoms with Crippen LogP contribution in [0.1, 0.15) is 30.1 Å². The number of rotatable bonds is 6. The number of likely N-dealkylation sites (N-methyl/N-ethyl adjacent to an activating group) is 1. The molecule has 1 heterocycles. The maximum absolute atomic E-state index is 12.0. The summed E-state index contributed by atoms with van der Waals surface area (Å²) >= 11 is 1.49. The third-order valence-electron chi connectivity index (χ3n) is 3.85. The van der Waals surface area contributed by atoms with E-state index in [4.69, 9.17) is 10.8 Å². The van der Waals surface area contributed by atoms with Gasteiger partial charge in [-0.3, -0.25) is 9.59 Å². The predicted molar refractivity (Wildman–Crippen MR) is 94.1 cm³/mol. The summed E-state index contributed by atoms with van der Waals surface area (Å²) in [6, 6.07) is 7.66. The first-order valence-electron chi connectivity index (χ1n) is 7.47. The van der Waals surface area contributed by atoms with E-state index in [-0.39, 0.29) is 24.3 Å². The number of nitrogen functional groups attached to an aromatic ring is 1. The SMILES string of the molecule is CN(CC(=O)O)C(=O)Cc1csc(C(C)(C)c2ccc(N)cc2)n1. The van der Waals surface area contributed by atoms with Crippen LogP contribution >= 0.6 is 11.3 Å². The number of carboxylic acid groups (broad SMARTS) is 1. The zero-order valence-electron chi connectivity index (χ0n) is 13.9. The molecule has 1 amide bonds.